The zero-order valence-corrected chi connectivity index (χ0v) is 15.9. The molecular weight excluding hydrogens is 336 g/mol. The molecular formula is C19H26N2O5. The van der Waals surface area contributed by atoms with Crippen LogP contribution in [0.15, 0.2) is 41.2 Å². The van der Waals surface area contributed by atoms with Crippen LogP contribution in [0.1, 0.15) is 56.9 Å². The molecule has 1 aromatic heterocycles. The average Bonchev–Trinajstić information content (AvgIpc) is 3.02. The minimum Gasteiger partial charge on any atom is -0.464 e. The fourth-order valence-electron chi connectivity index (χ4n) is 1.98. The second-order valence-electron chi connectivity index (χ2n) is 6.43. The molecule has 7 heteroatoms. The highest BCUT2D eigenvalue weighted by molar-refractivity contribution is 5.87. The van der Waals surface area contributed by atoms with Crippen LogP contribution in [0.2, 0.25) is 0 Å². The molecule has 0 spiro atoms. The van der Waals surface area contributed by atoms with Crippen LogP contribution in [0, 0.1) is 0 Å². The fraction of sp³-hybridized carbons (Fsp3) is 0.421. The lowest BCUT2D eigenvalue weighted by molar-refractivity contribution is 0.0542. The van der Waals surface area contributed by atoms with Crippen LogP contribution >= 0.6 is 0 Å². The molecule has 1 N–H and O–H groups in total. The Morgan fingerprint density at radius 3 is 2.62 bits per heavy atom. The van der Waals surface area contributed by atoms with E-state index in [2.05, 4.69) is 21.6 Å². The molecule has 1 aromatic rings. The van der Waals surface area contributed by atoms with Gasteiger partial charge < -0.3 is 13.9 Å². The van der Waals surface area contributed by atoms with Crippen LogP contribution in [0.3, 0.4) is 0 Å². The Bertz CT molecular complexity index is 708. The van der Waals surface area contributed by atoms with Gasteiger partial charge in [-0.25, -0.2) is 14.6 Å². The number of nitrogens with one attached hydrogen (secondary N) is 1. The number of methoxy groups -OCH3 is 1. The Labute approximate surface area is 153 Å². The van der Waals surface area contributed by atoms with Gasteiger partial charge in [-0.2, -0.15) is 0 Å². The minimum absolute atomic E-state index is 0.0583. The van der Waals surface area contributed by atoms with Crippen molar-refractivity contribution in [3.05, 3.63) is 48.4 Å². The number of amides is 1. The Morgan fingerprint density at radius 1 is 1.38 bits per heavy atom. The SMILES string of the molecule is C=C/C=C(\C=C(/CCC)NC(=O)OC(C)(C)C)c1nc(C(=O)OC)co1. The summed E-state index contributed by atoms with van der Waals surface area (Å²) in [6.45, 7) is 11.0. The predicted molar refractivity (Wildman–Crippen MR) is 98.4 cm³/mol. The summed E-state index contributed by atoms with van der Waals surface area (Å²) in [4.78, 5) is 27.7. The Balaban J connectivity index is 3.10. The first-order valence-electron chi connectivity index (χ1n) is 8.27. The van der Waals surface area contributed by atoms with Gasteiger partial charge in [-0.3, -0.25) is 5.32 Å². The summed E-state index contributed by atoms with van der Waals surface area (Å²) in [6.07, 6.45) is 7.02. The summed E-state index contributed by atoms with van der Waals surface area (Å²) in [5.41, 5.74) is 0.643. The summed E-state index contributed by atoms with van der Waals surface area (Å²) < 4.78 is 15.2. The summed E-state index contributed by atoms with van der Waals surface area (Å²) in [5, 5.41) is 2.74. The largest absolute Gasteiger partial charge is 0.464 e. The van der Waals surface area contributed by atoms with Gasteiger partial charge in [0.2, 0.25) is 5.89 Å². The van der Waals surface area contributed by atoms with Crippen LogP contribution in [-0.4, -0.2) is 29.8 Å². The molecule has 0 aliphatic rings. The zero-order valence-electron chi connectivity index (χ0n) is 15.9. The lowest BCUT2D eigenvalue weighted by Gasteiger charge is -2.20. The number of carbonyl (C=O) groups is 2. The zero-order chi connectivity index (χ0) is 19.7. The van der Waals surface area contributed by atoms with E-state index in [4.69, 9.17) is 9.15 Å². The van der Waals surface area contributed by atoms with E-state index in [1.54, 1.807) is 39.0 Å². The van der Waals surface area contributed by atoms with E-state index >= 15 is 0 Å². The molecule has 0 saturated heterocycles. The van der Waals surface area contributed by atoms with Gasteiger partial charge >= 0.3 is 12.1 Å². The van der Waals surface area contributed by atoms with E-state index in [0.717, 1.165) is 6.42 Å². The molecule has 1 heterocycles. The third-order valence-electron chi connectivity index (χ3n) is 2.95. The van der Waals surface area contributed by atoms with Gasteiger partial charge in [0, 0.05) is 11.3 Å². The highest BCUT2D eigenvalue weighted by Crippen LogP contribution is 2.19. The molecule has 7 nitrogen and oxygen atoms in total. The Morgan fingerprint density at radius 2 is 2.08 bits per heavy atom. The van der Waals surface area contributed by atoms with Crippen LogP contribution < -0.4 is 5.32 Å². The number of aromatic nitrogens is 1. The third-order valence-corrected chi connectivity index (χ3v) is 2.95. The van der Waals surface area contributed by atoms with Crippen LogP contribution in [0.4, 0.5) is 4.79 Å². The second-order valence-corrected chi connectivity index (χ2v) is 6.43. The lowest BCUT2D eigenvalue weighted by atomic mass is 10.1. The number of ether oxygens (including phenoxy) is 2. The molecule has 26 heavy (non-hydrogen) atoms. The maximum atomic E-state index is 12.0. The number of rotatable bonds is 7. The molecule has 0 radical (unpaired) electrons. The normalized spacial score (nSPS) is 12.5. The van der Waals surface area contributed by atoms with Crippen molar-refractivity contribution < 1.29 is 23.5 Å². The van der Waals surface area contributed by atoms with Crippen LogP contribution in [0.5, 0.6) is 0 Å². The van der Waals surface area contributed by atoms with Crippen molar-refractivity contribution in [1.82, 2.24) is 10.3 Å². The van der Waals surface area contributed by atoms with E-state index in [9.17, 15) is 9.59 Å². The van der Waals surface area contributed by atoms with Crippen molar-refractivity contribution in [2.24, 2.45) is 0 Å². The number of alkyl carbamates (subject to hydrolysis) is 1. The second kappa shape index (κ2) is 9.60. The van der Waals surface area contributed by atoms with E-state index in [1.165, 1.54) is 13.4 Å². The third kappa shape index (κ3) is 6.96. The van der Waals surface area contributed by atoms with Gasteiger partial charge in [-0.05, 0) is 33.3 Å². The average molecular weight is 362 g/mol. The molecule has 0 atom stereocenters. The van der Waals surface area contributed by atoms with Gasteiger partial charge in [-0.1, -0.05) is 32.1 Å². The van der Waals surface area contributed by atoms with E-state index in [0.29, 0.717) is 17.7 Å². The topological polar surface area (TPSA) is 90.7 Å². The van der Waals surface area contributed by atoms with Gasteiger partial charge in [0.05, 0.1) is 7.11 Å². The Hall–Kier alpha value is -2.83. The summed E-state index contributed by atoms with van der Waals surface area (Å²) >= 11 is 0. The lowest BCUT2D eigenvalue weighted by Crippen LogP contribution is -2.32. The molecule has 0 bridgehead atoms. The van der Waals surface area contributed by atoms with Gasteiger partial charge in [0.15, 0.2) is 5.69 Å². The molecule has 0 fully saturated rings. The number of esters is 1. The molecule has 0 aromatic carbocycles. The molecule has 1 amide bonds. The highest BCUT2D eigenvalue weighted by atomic mass is 16.6. The van der Waals surface area contributed by atoms with Gasteiger partial charge in [0.1, 0.15) is 11.9 Å². The molecule has 142 valence electrons. The first-order chi connectivity index (χ1) is 12.2. The first-order valence-corrected chi connectivity index (χ1v) is 8.27. The highest BCUT2D eigenvalue weighted by Gasteiger charge is 2.18. The number of nitrogens with zero attached hydrogens (tertiary/aromatic N) is 1. The molecule has 0 aliphatic carbocycles. The Kier molecular flexibility index (Phi) is 7.83. The number of carbonyl (C=O) groups excluding carboxylic acids is 2. The molecule has 0 aliphatic heterocycles. The van der Waals surface area contributed by atoms with Crippen molar-refractivity contribution in [2.45, 2.75) is 46.1 Å². The van der Waals surface area contributed by atoms with Gasteiger partial charge in [0.25, 0.3) is 0 Å². The molecule has 0 saturated carbocycles. The summed E-state index contributed by atoms with van der Waals surface area (Å²) in [7, 11) is 1.27. The van der Waals surface area contributed by atoms with E-state index < -0.39 is 17.7 Å². The van der Waals surface area contributed by atoms with Crippen molar-refractivity contribution in [3.8, 4) is 0 Å². The van der Waals surface area contributed by atoms with Crippen LogP contribution in [0.25, 0.3) is 5.57 Å². The van der Waals surface area contributed by atoms with Crippen LogP contribution in [-0.2, 0) is 9.47 Å². The minimum atomic E-state index is -0.598. The van der Waals surface area contributed by atoms with E-state index in [-0.39, 0.29) is 11.6 Å². The number of hydrogen-bond donors (Lipinski definition) is 1. The maximum absolute atomic E-state index is 12.0. The molecule has 0 unspecified atom stereocenters. The summed E-state index contributed by atoms with van der Waals surface area (Å²) in [6, 6.07) is 0. The first kappa shape index (κ1) is 21.2. The number of hydrogen-bond acceptors (Lipinski definition) is 6. The van der Waals surface area contributed by atoms with Crippen molar-refractivity contribution >= 4 is 17.6 Å². The predicted octanol–water partition coefficient (Wildman–Crippen LogP) is 4.24. The molecule has 1 rings (SSSR count). The smallest absolute Gasteiger partial charge is 0.411 e. The van der Waals surface area contributed by atoms with Crippen molar-refractivity contribution in [1.29, 1.82) is 0 Å². The maximum Gasteiger partial charge on any atom is 0.411 e. The van der Waals surface area contributed by atoms with Gasteiger partial charge in [-0.15, -0.1) is 0 Å². The van der Waals surface area contributed by atoms with Crippen molar-refractivity contribution in [2.75, 3.05) is 7.11 Å². The standard InChI is InChI=1S/C19H26N2O5/c1-7-9-13(16-21-15(12-25-16)17(22)24-6)11-14(10-8-2)20-18(23)26-19(3,4)5/h7,9,11-12H,1,8,10H2,2-6H3,(H,20,23)/b13-9+,14-11+. The van der Waals surface area contributed by atoms with E-state index in [1.807, 2.05) is 6.92 Å². The monoisotopic (exact) mass is 362 g/mol. The van der Waals surface area contributed by atoms with Crippen molar-refractivity contribution in [3.63, 3.8) is 0 Å². The fourth-order valence-corrected chi connectivity index (χ4v) is 1.98. The number of oxazole rings is 1. The number of allylic oxidation sites excluding steroid dienone is 5. The quantitative estimate of drug-likeness (QED) is 0.576. The summed E-state index contributed by atoms with van der Waals surface area (Å²) in [5.74, 6) is -0.382.